The zero-order valence-corrected chi connectivity index (χ0v) is 23.2. The number of benzene rings is 5. The topological polar surface area (TPSA) is 4.93 Å². The van der Waals surface area contributed by atoms with Gasteiger partial charge in [0.25, 0.3) is 0 Å². The number of fused-ring (bicyclic) bond motifs is 4. The van der Waals surface area contributed by atoms with Crippen molar-refractivity contribution < 1.29 is 0 Å². The van der Waals surface area contributed by atoms with Gasteiger partial charge in [0.2, 0.25) is 0 Å². The predicted octanol–water partition coefficient (Wildman–Crippen LogP) is 10.4. The summed E-state index contributed by atoms with van der Waals surface area (Å²) in [6.07, 6.45) is 8.80. The number of hydrogen-bond acceptors (Lipinski definition) is 0. The Labute approximate surface area is 236 Å². The first kappa shape index (κ1) is 22.9. The molecule has 4 fully saturated rings. The van der Waals surface area contributed by atoms with Crippen LogP contribution in [0.1, 0.15) is 49.7 Å². The molecule has 0 spiro atoms. The lowest BCUT2D eigenvalue weighted by Gasteiger charge is -2.57. The zero-order valence-electron chi connectivity index (χ0n) is 23.2. The fourth-order valence-corrected chi connectivity index (χ4v) is 9.39. The van der Waals surface area contributed by atoms with E-state index in [2.05, 4.69) is 115 Å². The molecule has 0 atom stereocenters. The lowest BCUT2D eigenvalue weighted by Crippen LogP contribution is -2.48. The smallest absolute Gasteiger partial charge is 0.0541 e. The molecule has 196 valence electrons. The summed E-state index contributed by atoms with van der Waals surface area (Å²) >= 11 is 0. The van der Waals surface area contributed by atoms with Crippen molar-refractivity contribution in [3.63, 3.8) is 0 Å². The van der Waals surface area contributed by atoms with E-state index in [9.17, 15) is 0 Å². The Bertz CT molecular complexity index is 1900. The first-order chi connectivity index (χ1) is 19.6. The second-order valence-corrected chi connectivity index (χ2v) is 13.4. The average molecular weight is 518 g/mol. The summed E-state index contributed by atoms with van der Waals surface area (Å²) < 4.78 is 2.44. The molecular weight excluding hydrogens is 482 g/mol. The molecule has 5 aromatic carbocycles. The Kier molecular flexibility index (Phi) is 4.78. The van der Waals surface area contributed by atoms with Gasteiger partial charge in [-0.3, -0.25) is 0 Å². The Morgan fingerprint density at radius 1 is 0.575 bits per heavy atom. The van der Waals surface area contributed by atoms with Crippen LogP contribution in [-0.2, 0) is 5.41 Å². The van der Waals surface area contributed by atoms with E-state index >= 15 is 0 Å². The van der Waals surface area contributed by atoms with Crippen molar-refractivity contribution in [3.05, 3.63) is 114 Å². The fraction of sp³-hybridized carbons (Fsp3) is 0.282. The lowest BCUT2D eigenvalue weighted by molar-refractivity contribution is -0.00518. The van der Waals surface area contributed by atoms with E-state index in [1.54, 1.807) is 5.56 Å². The van der Waals surface area contributed by atoms with Gasteiger partial charge in [-0.1, -0.05) is 72.3 Å². The van der Waals surface area contributed by atoms with Crippen LogP contribution in [0.4, 0.5) is 0 Å². The van der Waals surface area contributed by atoms with E-state index < -0.39 is 0 Å². The van der Waals surface area contributed by atoms with Gasteiger partial charge < -0.3 is 4.57 Å². The summed E-state index contributed by atoms with van der Waals surface area (Å²) in [6.45, 7) is 2.20. The van der Waals surface area contributed by atoms with Crippen LogP contribution in [0.5, 0.6) is 0 Å². The molecule has 1 nitrogen and oxygen atoms in total. The van der Waals surface area contributed by atoms with Crippen LogP contribution >= 0.6 is 0 Å². The van der Waals surface area contributed by atoms with Gasteiger partial charge in [-0.15, -0.1) is 0 Å². The Balaban J connectivity index is 1.15. The minimum absolute atomic E-state index is 0.460. The molecule has 4 saturated carbocycles. The summed E-state index contributed by atoms with van der Waals surface area (Å²) in [5.41, 5.74) is 9.76. The summed E-state index contributed by atoms with van der Waals surface area (Å²) in [6, 6.07) is 39.2. The molecule has 1 heteroatoms. The van der Waals surface area contributed by atoms with E-state index in [0.29, 0.717) is 5.41 Å². The highest BCUT2D eigenvalue weighted by molar-refractivity contribution is 6.11. The number of hydrogen-bond donors (Lipinski definition) is 0. The molecule has 0 N–H and O–H groups in total. The highest BCUT2D eigenvalue weighted by Gasteiger charge is 2.51. The van der Waals surface area contributed by atoms with Crippen LogP contribution in [0.25, 0.3) is 49.4 Å². The molecule has 0 unspecified atom stereocenters. The minimum atomic E-state index is 0.460. The van der Waals surface area contributed by atoms with Crippen LogP contribution in [-0.4, -0.2) is 4.57 Å². The molecule has 0 aliphatic heterocycles. The molecule has 1 heterocycles. The number of aryl methyl sites for hydroxylation is 1. The van der Waals surface area contributed by atoms with Crippen LogP contribution < -0.4 is 0 Å². The second-order valence-electron chi connectivity index (χ2n) is 13.4. The number of rotatable bonds is 3. The molecule has 4 aliphatic carbocycles. The average Bonchev–Trinajstić information content (AvgIpc) is 3.29. The van der Waals surface area contributed by atoms with Crippen molar-refractivity contribution in [2.45, 2.75) is 50.9 Å². The van der Waals surface area contributed by atoms with Gasteiger partial charge in [0.15, 0.2) is 0 Å². The molecule has 1 aromatic heterocycles. The molecule has 6 aromatic rings. The molecule has 0 amide bonds. The third-order valence-corrected chi connectivity index (χ3v) is 10.8. The largest absolute Gasteiger partial charge is 0.309 e. The fourth-order valence-electron chi connectivity index (χ4n) is 9.39. The molecule has 0 radical (unpaired) electrons. The zero-order chi connectivity index (χ0) is 26.4. The highest BCUT2D eigenvalue weighted by atomic mass is 15.0. The van der Waals surface area contributed by atoms with Gasteiger partial charge in [0.1, 0.15) is 0 Å². The maximum atomic E-state index is 2.48. The Morgan fingerprint density at radius 3 is 1.93 bits per heavy atom. The van der Waals surface area contributed by atoms with Gasteiger partial charge in [0, 0.05) is 16.5 Å². The highest BCUT2D eigenvalue weighted by Crippen LogP contribution is 2.60. The summed E-state index contributed by atoms with van der Waals surface area (Å²) in [7, 11) is 0. The van der Waals surface area contributed by atoms with Crippen LogP contribution in [0, 0.1) is 24.7 Å². The molecule has 40 heavy (non-hydrogen) atoms. The molecule has 10 rings (SSSR count). The third kappa shape index (κ3) is 3.40. The van der Waals surface area contributed by atoms with Gasteiger partial charge >= 0.3 is 0 Å². The standard InChI is InChI=1S/C39H35N/c1-25-6-14-37-35(16-25)36-21-32(10-15-38(36)40(37)34-13-9-29-4-2-3-5-31(29)20-34)30-7-11-33(12-8-30)39-22-26-17-27(23-39)19-28(18-26)24-39/h2-16,20-21,26-28H,17-19,22-24H2,1H3. The van der Waals surface area contributed by atoms with Crippen molar-refractivity contribution in [2.24, 2.45) is 17.8 Å². The maximum absolute atomic E-state index is 2.48. The molecule has 4 aliphatic rings. The summed E-state index contributed by atoms with van der Waals surface area (Å²) in [5, 5.41) is 5.21. The molecular formula is C39H35N. The van der Waals surface area contributed by atoms with Crippen LogP contribution in [0.15, 0.2) is 103 Å². The minimum Gasteiger partial charge on any atom is -0.309 e. The van der Waals surface area contributed by atoms with E-state index in [1.807, 2.05) is 0 Å². The van der Waals surface area contributed by atoms with Gasteiger partial charge in [-0.05, 0) is 132 Å². The Morgan fingerprint density at radius 2 is 1.20 bits per heavy atom. The van der Waals surface area contributed by atoms with Crippen LogP contribution in [0.3, 0.4) is 0 Å². The van der Waals surface area contributed by atoms with E-state index in [0.717, 1.165) is 17.8 Å². The van der Waals surface area contributed by atoms with Crippen molar-refractivity contribution in [3.8, 4) is 16.8 Å². The van der Waals surface area contributed by atoms with Crippen molar-refractivity contribution in [1.82, 2.24) is 4.57 Å². The van der Waals surface area contributed by atoms with Gasteiger partial charge in [0.05, 0.1) is 11.0 Å². The summed E-state index contributed by atoms with van der Waals surface area (Å²) in [5.74, 6) is 2.95. The number of aromatic nitrogens is 1. The Hall–Kier alpha value is -3.84. The lowest BCUT2D eigenvalue weighted by atomic mass is 9.48. The maximum Gasteiger partial charge on any atom is 0.0541 e. The van der Waals surface area contributed by atoms with Crippen molar-refractivity contribution in [1.29, 1.82) is 0 Å². The summed E-state index contributed by atoms with van der Waals surface area (Å²) in [4.78, 5) is 0. The van der Waals surface area contributed by atoms with E-state index in [4.69, 9.17) is 0 Å². The third-order valence-electron chi connectivity index (χ3n) is 10.8. The van der Waals surface area contributed by atoms with Crippen LogP contribution in [0.2, 0.25) is 0 Å². The first-order valence-corrected chi connectivity index (χ1v) is 15.3. The van der Waals surface area contributed by atoms with Gasteiger partial charge in [-0.2, -0.15) is 0 Å². The molecule has 4 bridgehead atoms. The number of nitrogens with zero attached hydrogens (tertiary/aromatic N) is 1. The molecule has 0 saturated heterocycles. The normalized spacial score (nSPS) is 25.4. The van der Waals surface area contributed by atoms with Crippen molar-refractivity contribution >= 4 is 32.6 Å². The first-order valence-electron chi connectivity index (χ1n) is 15.3. The predicted molar refractivity (Wildman–Crippen MR) is 168 cm³/mol. The quantitative estimate of drug-likeness (QED) is 0.220. The van der Waals surface area contributed by atoms with Crippen molar-refractivity contribution in [2.75, 3.05) is 0 Å². The van der Waals surface area contributed by atoms with Gasteiger partial charge in [-0.25, -0.2) is 0 Å². The second kappa shape index (κ2) is 8.33. The van der Waals surface area contributed by atoms with E-state index in [-0.39, 0.29) is 0 Å². The van der Waals surface area contributed by atoms with E-state index in [1.165, 1.54) is 93.5 Å². The SMILES string of the molecule is Cc1ccc2c(c1)c1cc(-c3ccc(C45CC6CC(CC(C6)C4)C5)cc3)ccc1n2-c1ccc2ccccc2c1. The monoisotopic (exact) mass is 517 g/mol.